The monoisotopic (exact) mass is 457 g/mol. The highest BCUT2D eigenvalue weighted by molar-refractivity contribution is 7.16. The van der Waals surface area contributed by atoms with Crippen molar-refractivity contribution in [3.05, 3.63) is 82.9 Å². The zero-order chi connectivity index (χ0) is 22.8. The normalized spacial score (nSPS) is 15.0. The molecule has 0 aliphatic heterocycles. The fraction of sp³-hybridized carbons (Fsp3) is 0.192. The first kappa shape index (κ1) is 21.2. The van der Waals surface area contributed by atoms with Gasteiger partial charge in [0.05, 0.1) is 18.7 Å². The zero-order valence-corrected chi connectivity index (χ0v) is 18.9. The average molecular weight is 458 g/mol. The van der Waals surface area contributed by atoms with E-state index in [1.807, 2.05) is 42.5 Å². The molecule has 1 aromatic heterocycles. The highest BCUT2D eigenvalue weighted by atomic mass is 32.1. The molecule has 2 amide bonds. The lowest BCUT2D eigenvalue weighted by Gasteiger charge is -2.20. The number of benzene rings is 3. The van der Waals surface area contributed by atoms with E-state index in [1.165, 1.54) is 11.3 Å². The molecule has 1 heterocycles. The van der Waals surface area contributed by atoms with Gasteiger partial charge in [-0.3, -0.25) is 14.9 Å². The number of carbonyl (C=O) groups is 2. The van der Waals surface area contributed by atoms with Gasteiger partial charge in [0.15, 0.2) is 5.13 Å². The lowest BCUT2D eigenvalue weighted by Crippen LogP contribution is -2.24. The largest absolute Gasteiger partial charge is 0.497 e. The van der Waals surface area contributed by atoms with Gasteiger partial charge in [0.2, 0.25) is 5.91 Å². The molecule has 166 valence electrons. The number of rotatable bonds is 5. The van der Waals surface area contributed by atoms with Crippen molar-refractivity contribution in [3.63, 3.8) is 0 Å². The van der Waals surface area contributed by atoms with Gasteiger partial charge in [-0.15, -0.1) is 11.3 Å². The maximum Gasteiger partial charge on any atom is 0.257 e. The number of nitrogens with one attached hydrogen (secondary N) is 2. The van der Waals surface area contributed by atoms with Crippen LogP contribution >= 0.6 is 11.3 Å². The average Bonchev–Trinajstić information content (AvgIpc) is 3.26. The molecule has 1 aliphatic rings. The first-order chi connectivity index (χ1) is 16.1. The van der Waals surface area contributed by atoms with E-state index in [0.29, 0.717) is 16.4 Å². The molecule has 4 aromatic rings. The molecule has 0 bridgehead atoms. The molecule has 0 spiro atoms. The van der Waals surface area contributed by atoms with E-state index in [2.05, 4.69) is 15.6 Å². The number of fused-ring (bicyclic) bond motifs is 2. The van der Waals surface area contributed by atoms with Crippen LogP contribution in [0.2, 0.25) is 0 Å². The molecular formula is C26H23N3O3S. The number of aromatic nitrogens is 1. The van der Waals surface area contributed by atoms with Crippen LogP contribution in [0, 0.1) is 0 Å². The molecule has 6 nitrogen and oxygen atoms in total. The highest BCUT2D eigenvalue weighted by Gasteiger charge is 2.31. The predicted molar refractivity (Wildman–Crippen MR) is 131 cm³/mol. The SMILES string of the molecule is COc1ccc(C(=O)Nc2nc3c(s2)CCCC3C(=O)Nc2cccc3ccccc23)cc1. The highest BCUT2D eigenvalue weighted by Crippen LogP contribution is 2.38. The Morgan fingerprint density at radius 1 is 1.00 bits per heavy atom. The van der Waals surface area contributed by atoms with Gasteiger partial charge in [0.25, 0.3) is 5.91 Å². The molecule has 1 atom stereocenters. The minimum Gasteiger partial charge on any atom is -0.497 e. The number of amides is 2. The summed E-state index contributed by atoms with van der Waals surface area (Å²) in [4.78, 5) is 31.6. The topological polar surface area (TPSA) is 80.3 Å². The Labute approximate surface area is 195 Å². The Balaban J connectivity index is 1.34. The second-order valence-corrected chi connectivity index (χ2v) is 9.05. The molecule has 2 N–H and O–H groups in total. The van der Waals surface area contributed by atoms with Crippen LogP contribution in [0.5, 0.6) is 5.75 Å². The Bertz CT molecular complexity index is 1330. The van der Waals surface area contributed by atoms with Crippen molar-refractivity contribution >= 4 is 44.7 Å². The van der Waals surface area contributed by atoms with Gasteiger partial charge < -0.3 is 10.1 Å². The first-order valence-electron chi connectivity index (χ1n) is 10.9. The quantitative estimate of drug-likeness (QED) is 0.408. The fourth-order valence-corrected chi connectivity index (χ4v) is 5.25. The molecular weight excluding hydrogens is 434 g/mol. The molecule has 0 saturated heterocycles. The number of thiazole rings is 1. The van der Waals surface area contributed by atoms with E-state index in [1.54, 1.807) is 31.4 Å². The maximum atomic E-state index is 13.2. The Morgan fingerprint density at radius 3 is 2.61 bits per heavy atom. The smallest absolute Gasteiger partial charge is 0.257 e. The van der Waals surface area contributed by atoms with Crippen molar-refractivity contribution < 1.29 is 14.3 Å². The Hall–Kier alpha value is -3.71. The third kappa shape index (κ3) is 4.32. The zero-order valence-electron chi connectivity index (χ0n) is 18.1. The minimum atomic E-state index is -0.337. The number of nitrogens with zero attached hydrogens (tertiary/aromatic N) is 1. The van der Waals surface area contributed by atoms with Crippen LogP contribution in [0.3, 0.4) is 0 Å². The van der Waals surface area contributed by atoms with Gasteiger partial charge in [-0.25, -0.2) is 4.98 Å². The number of hydrogen-bond acceptors (Lipinski definition) is 5. The second kappa shape index (κ2) is 9.03. The summed E-state index contributed by atoms with van der Waals surface area (Å²) in [5.74, 6) is 0.0538. The van der Waals surface area contributed by atoms with Gasteiger partial charge in [0.1, 0.15) is 5.75 Å². The Morgan fingerprint density at radius 2 is 1.79 bits per heavy atom. The third-order valence-electron chi connectivity index (χ3n) is 5.89. The summed E-state index contributed by atoms with van der Waals surface area (Å²) < 4.78 is 5.14. The maximum absolute atomic E-state index is 13.2. The van der Waals surface area contributed by atoms with Gasteiger partial charge in [-0.2, -0.15) is 0 Å². The van der Waals surface area contributed by atoms with E-state index in [-0.39, 0.29) is 17.7 Å². The summed E-state index contributed by atoms with van der Waals surface area (Å²) in [6.07, 6.45) is 2.51. The molecule has 1 aliphatic carbocycles. The fourth-order valence-electron chi connectivity index (χ4n) is 4.19. The summed E-state index contributed by atoms with van der Waals surface area (Å²) in [5.41, 5.74) is 2.09. The van der Waals surface area contributed by atoms with Crippen molar-refractivity contribution in [1.82, 2.24) is 4.98 Å². The van der Waals surface area contributed by atoms with Crippen LogP contribution < -0.4 is 15.4 Å². The van der Waals surface area contributed by atoms with Crippen molar-refractivity contribution in [2.75, 3.05) is 17.7 Å². The Kier molecular flexibility index (Phi) is 5.79. The van der Waals surface area contributed by atoms with E-state index >= 15 is 0 Å². The number of hydrogen-bond donors (Lipinski definition) is 2. The van der Waals surface area contributed by atoms with Gasteiger partial charge in [0, 0.05) is 21.5 Å². The summed E-state index contributed by atoms with van der Waals surface area (Å²) >= 11 is 1.45. The van der Waals surface area contributed by atoms with E-state index in [0.717, 1.165) is 46.3 Å². The van der Waals surface area contributed by atoms with Crippen LogP contribution in [0.4, 0.5) is 10.8 Å². The molecule has 7 heteroatoms. The van der Waals surface area contributed by atoms with Crippen molar-refractivity contribution in [2.45, 2.75) is 25.2 Å². The van der Waals surface area contributed by atoms with Gasteiger partial charge in [-0.05, 0) is 55.0 Å². The summed E-state index contributed by atoms with van der Waals surface area (Å²) in [6, 6.07) is 20.8. The lowest BCUT2D eigenvalue weighted by molar-refractivity contribution is -0.117. The van der Waals surface area contributed by atoms with E-state index in [9.17, 15) is 9.59 Å². The molecule has 0 radical (unpaired) electrons. The molecule has 33 heavy (non-hydrogen) atoms. The number of methoxy groups -OCH3 is 1. The second-order valence-electron chi connectivity index (χ2n) is 7.97. The third-order valence-corrected chi connectivity index (χ3v) is 6.94. The molecule has 0 saturated carbocycles. The summed E-state index contributed by atoms with van der Waals surface area (Å²) in [6.45, 7) is 0. The van der Waals surface area contributed by atoms with Crippen molar-refractivity contribution in [2.24, 2.45) is 0 Å². The standard InChI is InChI=1S/C26H23N3O3S/c1-32-18-14-12-17(13-15-18)24(30)29-26-28-23-20(9-5-11-22(23)33-26)25(31)27-21-10-4-7-16-6-2-3-8-19(16)21/h2-4,6-8,10,12-15,20H,5,9,11H2,1H3,(H,27,31)(H,28,29,30). The van der Waals surface area contributed by atoms with Crippen LogP contribution in [0.25, 0.3) is 10.8 Å². The first-order valence-corrected chi connectivity index (χ1v) is 11.7. The van der Waals surface area contributed by atoms with Gasteiger partial charge >= 0.3 is 0 Å². The minimum absolute atomic E-state index is 0.0642. The number of anilines is 2. The van der Waals surface area contributed by atoms with Crippen LogP contribution in [0.15, 0.2) is 66.7 Å². The van der Waals surface area contributed by atoms with Crippen LogP contribution in [0.1, 0.15) is 39.7 Å². The number of carbonyl (C=O) groups excluding carboxylic acids is 2. The van der Waals surface area contributed by atoms with E-state index in [4.69, 9.17) is 4.74 Å². The van der Waals surface area contributed by atoms with E-state index < -0.39 is 0 Å². The number of aryl methyl sites for hydroxylation is 1. The van der Waals surface area contributed by atoms with Crippen molar-refractivity contribution in [1.29, 1.82) is 0 Å². The summed E-state index contributed by atoms with van der Waals surface area (Å²) in [7, 11) is 1.59. The lowest BCUT2D eigenvalue weighted by atomic mass is 9.90. The predicted octanol–water partition coefficient (Wildman–Crippen LogP) is 5.62. The summed E-state index contributed by atoms with van der Waals surface area (Å²) in [5, 5.41) is 8.60. The number of ether oxygens (including phenoxy) is 1. The van der Waals surface area contributed by atoms with Gasteiger partial charge in [-0.1, -0.05) is 36.4 Å². The van der Waals surface area contributed by atoms with Crippen LogP contribution in [-0.4, -0.2) is 23.9 Å². The molecule has 3 aromatic carbocycles. The molecule has 5 rings (SSSR count). The van der Waals surface area contributed by atoms with Crippen LogP contribution in [-0.2, 0) is 11.2 Å². The molecule has 1 unspecified atom stereocenters. The molecule has 0 fully saturated rings. The van der Waals surface area contributed by atoms with Crippen molar-refractivity contribution in [3.8, 4) is 5.75 Å².